The van der Waals surface area contributed by atoms with E-state index in [9.17, 15) is 0 Å². The van der Waals surface area contributed by atoms with E-state index in [-0.39, 0.29) is 0 Å². The molecule has 4 heteroatoms. The van der Waals surface area contributed by atoms with Crippen LogP contribution in [-0.2, 0) is 6.54 Å². The van der Waals surface area contributed by atoms with Crippen LogP contribution in [0.15, 0.2) is 30.3 Å². The third kappa shape index (κ3) is 2.44. The Labute approximate surface area is 111 Å². The van der Waals surface area contributed by atoms with Crippen molar-refractivity contribution in [3.63, 3.8) is 0 Å². The number of pyridine rings is 1. The Morgan fingerprint density at radius 1 is 1.22 bits per heavy atom. The van der Waals surface area contributed by atoms with E-state index >= 15 is 0 Å². The molecule has 1 aromatic carbocycles. The lowest BCUT2D eigenvalue weighted by molar-refractivity contribution is 0.295. The molecule has 2 N–H and O–H groups in total. The molecule has 0 radical (unpaired) electrons. The Morgan fingerprint density at radius 2 is 2.00 bits per heavy atom. The van der Waals surface area contributed by atoms with Gasteiger partial charge in [-0.05, 0) is 12.1 Å². The van der Waals surface area contributed by atoms with E-state index in [0.29, 0.717) is 5.82 Å². The van der Waals surface area contributed by atoms with E-state index in [1.165, 1.54) is 16.9 Å². The number of hydrogen-bond acceptors (Lipinski definition) is 4. The van der Waals surface area contributed by atoms with E-state index in [1.54, 1.807) is 0 Å². The van der Waals surface area contributed by atoms with Crippen LogP contribution in [0.25, 0.3) is 10.9 Å². The zero-order valence-corrected chi connectivity index (χ0v) is 11.1. The van der Waals surface area contributed by atoms with Crippen LogP contribution in [0.3, 0.4) is 0 Å². The topological polar surface area (TPSA) is 42.1 Å². The third-order valence-corrected chi connectivity index (χ3v) is 4.28. The van der Waals surface area contributed by atoms with Crippen molar-refractivity contribution in [2.75, 3.05) is 30.3 Å². The number of anilines is 1. The highest BCUT2D eigenvalue weighted by molar-refractivity contribution is 7.99. The van der Waals surface area contributed by atoms with Crippen LogP contribution in [0.2, 0.25) is 0 Å². The van der Waals surface area contributed by atoms with Crippen molar-refractivity contribution in [1.82, 2.24) is 9.88 Å². The van der Waals surface area contributed by atoms with E-state index in [0.717, 1.165) is 30.7 Å². The maximum absolute atomic E-state index is 6.06. The first-order chi connectivity index (χ1) is 8.83. The van der Waals surface area contributed by atoms with Gasteiger partial charge in [0.15, 0.2) is 0 Å². The summed E-state index contributed by atoms with van der Waals surface area (Å²) in [4.78, 5) is 6.94. The second-order valence-electron chi connectivity index (χ2n) is 4.61. The molecular weight excluding hydrogens is 242 g/mol. The molecule has 0 aliphatic carbocycles. The van der Waals surface area contributed by atoms with Gasteiger partial charge in [-0.15, -0.1) is 0 Å². The number of aromatic nitrogens is 1. The molecule has 1 aliphatic rings. The summed E-state index contributed by atoms with van der Waals surface area (Å²) in [6.07, 6.45) is 0. The van der Waals surface area contributed by atoms with Gasteiger partial charge in [0.05, 0.1) is 5.52 Å². The van der Waals surface area contributed by atoms with Gasteiger partial charge in [0.1, 0.15) is 5.82 Å². The number of nitrogens with two attached hydrogens (primary N) is 1. The van der Waals surface area contributed by atoms with Crippen molar-refractivity contribution in [3.8, 4) is 0 Å². The van der Waals surface area contributed by atoms with Gasteiger partial charge >= 0.3 is 0 Å². The summed E-state index contributed by atoms with van der Waals surface area (Å²) in [6, 6.07) is 10.3. The van der Waals surface area contributed by atoms with Gasteiger partial charge in [-0.2, -0.15) is 11.8 Å². The van der Waals surface area contributed by atoms with Crippen LogP contribution in [0.5, 0.6) is 0 Å². The van der Waals surface area contributed by atoms with E-state index in [4.69, 9.17) is 5.73 Å². The monoisotopic (exact) mass is 259 g/mol. The fourth-order valence-electron chi connectivity index (χ4n) is 2.30. The molecule has 18 heavy (non-hydrogen) atoms. The molecule has 1 saturated heterocycles. The largest absolute Gasteiger partial charge is 0.383 e. The predicted octanol–water partition coefficient (Wildman–Crippen LogP) is 2.37. The molecular formula is C14H17N3S. The highest BCUT2D eigenvalue weighted by Crippen LogP contribution is 2.21. The first-order valence-electron chi connectivity index (χ1n) is 6.27. The number of hydrogen-bond donors (Lipinski definition) is 1. The van der Waals surface area contributed by atoms with E-state index < -0.39 is 0 Å². The van der Waals surface area contributed by atoms with Gasteiger partial charge in [0.2, 0.25) is 0 Å². The van der Waals surface area contributed by atoms with Crippen LogP contribution in [0.4, 0.5) is 5.82 Å². The zero-order chi connectivity index (χ0) is 12.4. The minimum absolute atomic E-state index is 0.673. The minimum atomic E-state index is 0.673. The molecule has 0 spiro atoms. The van der Waals surface area contributed by atoms with Gasteiger partial charge in [0.25, 0.3) is 0 Å². The fraction of sp³-hybridized carbons (Fsp3) is 0.357. The Morgan fingerprint density at radius 3 is 2.83 bits per heavy atom. The van der Waals surface area contributed by atoms with E-state index in [1.807, 2.05) is 30.0 Å². The number of fused-ring (bicyclic) bond motifs is 1. The maximum Gasteiger partial charge on any atom is 0.128 e. The number of nitrogen functional groups attached to an aromatic ring is 1. The molecule has 0 saturated carbocycles. The van der Waals surface area contributed by atoms with Gasteiger partial charge in [-0.3, -0.25) is 4.90 Å². The number of rotatable bonds is 2. The lowest BCUT2D eigenvalue weighted by atomic mass is 10.1. The Balaban J connectivity index is 1.88. The lowest BCUT2D eigenvalue weighted by Gasteiger charge is -2.26. The Bertz CT molecular complexity index is 550. The quantitative estimate of drug-likeness (QED) is 0.899. The Hall–Kier alpha value is -1.26. The van der Waals surface area contributed by atoms with Crippen LogP contribution >= 0.6 is 11.8 Å². The molecule has 1 fully saturated rings. The van der Waals surface area contributed by atoms with Gasteiger partial charge < -0.3 is 5.73 Å². The van der Waals surface area contributed by atoms with Crippen LogP contribution in [0, 0.1) is 0 Å². The molecule has 3 rings (SSSR count). The lowest BCUT2D eigenvalue weighted by Crippen LogP contribution is -2.32. The summed E-state index contributed by atoms with van der Waals surface area (Å²) in [5, 5.41) is 1.17. The Kier molecular flexibility index (Phi) is 3.39. The van der Waals surface area contributed by atoms with Crippen molar-refractivity contribution >= 4 is 28.5 Å². The van der Waals surface area contributed by atoms with Crippen LogP contribution < -0.4 is 5.73 Å². The second-order valence-corrected chi connectivity index (χ2v) is 5.84. The number of benzene rings is 1. The maximum atomic E-state index is 6.06. The molecule has 0 bridgehead atoms. The fourth-order valence-corrected chi connectivity index (χ4v) is 3.28. The van der Waals surface area contributed by atoms with Crippen molar-refractivity contribution < 1.29 is 0 Å². The van der Waals surface area contributed by atoms with Gasteiger partial charge in [0, 0.05) is 42.1 Å². The third-order valence-electron chi connectivity index (χ3n) is 3.33. The highest BCUT2D eigenvalue weighted by Gasteiger charge is 2.13. The second kappa shape index (κ2) is 5.16. The van der Waals surface area contributed by atoms with Crippen molar-refractivity contribution in [2.45, 2.75) is 6.54 Å². The smallest absolute Gasteiger partial charge is 0.128 e. The summed E-state index contributed by atoms with van der Waals surface area (Å²) >= 11 is 2.03. The molecule has 0 amide bonds. The summed E-state index contributed by atoms with van der Waals surface area (Å²) < 4.78 is 0. The van der Waals surface area contributed by atoms with Crippen LogP contribution in [-0.4, -0.2) is 34.5 Å². The summed E-state index contributed by atoms with van der Waals surface area (Å²) in [5.41, 5.74) is 8.19. The van der Waals surface area contributed by atoms with Crippen LogP contribution in [0.1, 0.15) is 5.56 Å². The number of thioether (sulfide) groups is 1. The SMILES string of the molecule is Nc1nc2ccccc2cc1CN1CCSCC1. The zero-order valence-electron chi connectivity index (χ0n) is 10.3. The number of para-hydroxylation sites is 1. The standard InChI is InChI=1S/C14H17N3S/c15-14-12(10-17-5-7-18-8-6-17)9-11-3-1-2-4-13(11)16-14/h1-4,9H,5-8,10H2,(H2,15,16). The average molecular weight is 259 g/mol. The first kappa shape index (κ1) is 11.8. The first-order valence-corrected chi connectivity index (χ1v) is 7.42. The molecule has 0 unspecified atom stereocenters. The molecule has 1 aliphatic heterocycles. The van der Waals surface area contributed by atoms with Crippen molar-refractivity contribution in [3.05, 3.63) is 35.9 Å². The summed E-state index contributed by atoms with van der Waals surface area (Å²) in [5.74, 6) is 3.12. The minimum Gasteiger partial charge on any atom is -0.383 e. The van der Waals surface area contributed by atoms with Crippen molar-refractivity contribution in [1.29, 1.82) is 0 Å². The van der Waals surface area contributed by atoms with Crippen molar-refractivity contribution in [2.24, 2.45) is 0 Å². The summed E-state index contributed by atoms with van der Waals surface area (Å²) in [7, 11) is 0. The molecule has 2 aromatic rings. The van der Waals surface area contributed by atoms with E-state index in [2.05, 4.69) is 22.0 Å². The molecule has 0 atom stereocenters. The van der Waals surface area contributed by atoms with Gasteiger partial charge in [-0.1, -0.05) is 18.2 Å². The molecule has 94 valence electrons. The average Bonchev–Trinajstić information content (AvgIpc) is 2.41. The summed E-state index contributed by atoms with van der Waals surface area (Å²) in [6.45, 7) is 3.22. The highest BCUT2D eigenvalue weighted by atomic mass is 32.2. The molecule has 3 nitrogen and oxygen atoms in total. The number of nitrogens with zero attached hydrogens (tertiary/aromatic N) is 2. The predicted molar refractivity (Wildman–Crippen MR) is 78.8 cm³/mol. The molecule has 1 aromatic heterocycles. The normalized spacial score (nSPS) is 17.1. The van der Waals surface area contributed by atoms with Gasteiger partial charge in [-0.25, -0.2) is 4.98 Å². The molecule has 2 heterocycles.